The number of aromatic nitrogens is 1. The fourth-order valence-electron chi connectivity index (χ4n) is 2.77. The quantitative estimate of drug-likeness (QED) is 0.480. The molecule has 0 radical (unpaired) electrons. The number of rotatable bonds is 6. The molecule has 2 aromatic rings. The van der Waals surface area contributed by atoms with Crippen molar-refractivity contribution in [2.24, 2.45) is 0 Å². The van der Waals surface area contributed by atoms with Gasteiger partial charge in [-0.05, 0) is 39.3 Å². The van der Waals surface area contributed by atoms with Crippen LogP contribution in [0, 0.1) is 24.0 Å². The minimum atomic E-state index is -0.608. The number of anilines is 1. The summed E-state index contributed by atoms with van der Waals surface area (Å²) in [4.78, 5) is 37.6. The van der Waals surface area contributed by atoms with Crippen LogP contribution in [-0.4, -0.2) is 27.5 Å². The Hall–Kier alpha value is -2.96. The number of ketones is 2. The predicted octanol–water partition coefficient (Wildman–Crippen LogP) is 3.43. The van der Waals surface area contributed by atoms with Crippen molar-refractivity contribution in [3.05, 3.63) is 56.9 Å². The normalized spacial score (nSPS) is 11.8. The van der Waals surface area contributed by atoms with E-state index in [9.17, 15) is 19.7 Å². The molecule has 0 amide bonds. The molecular weight excluding hydrogens is 310 g/mol. The van der Waals surface area contributed by atoms with Gasteiger partial charge in [-0.3, -0.25) is 19.7 Å². The van der Waals surface area contributed by atoms with Gasteiger partial charge in [0.25, 0.3) is 5.69 Å². The Morgan fingerprint density at radius 2 is 1.96 bits per heavy atom. The zero-order valence-corrected chi connectivity index (χ0v) is 14.0. The first-order valence-electron chi connectivity index (χ1n) is 7.47. The summed E-state index contributed by atoms with van der Waals surface area (Å²) in [6.07, 6.45) is 0. The summed E-state index contributed by atoms with van der Waals surface area (Å²) in [6.45, 7) is 6.61. The second-order valence-corrected chi connectivity index (χ2v) is 5.72. The van der Waals surface area contributed by atoms with Crippen molar-refractivity contribution >= 4 is 22.9 Å². The molecule has 1 aromatic heterocycles. The van der Waals surface area contributed by atoms with Crippen LogP contribution >= 0.6 is 0 Å². The topological polar surface area (TPSA) is 105 Å². The van der Waals surface area contributed by atoms with Gasteiger partial charge in [-0.15, -0.1) is 0 Å². The number of hydrogen-bond donors (Lipinski definition) is 2. The van der Waals surface area contributed by atoms with Crippen LogP contribution in [0.3, 0.4) is 0 Å². The van der Waals surface area contributed by atoms with Crippen LogP contribution in [0.5, 0.6) is 0 Å². The molecule has 0 aliphatic carbocycles. The van der Waals surface area contributed by atoms with Crippen molar-refractivity contribution < 1.29 is 14.5 Å². The number of nitrogens with zero attached hydrogens (tertiary/aromatic N) is 1. The van der Waals surface area contributed by atoms with Crippen LogP contribution in [0.1, 0.15) is 46.0 Å². The number of carbonyl (C=O) groups excluding carboxylic acids is 2. The van der Waals surface area contributed by atoms with E-state index >= 15 is 0 Å². The lowest BCUT2D eigenvalue weighted by molar-refractivity contribution is -0.384. The average molecular weight is 329 g/mol. The number of nitro benzene ring substituents is 1. The van der Waals surface area contributed by atoms with Crippen molar-refractivity contribution in [1.29, 1.82) is 0 Å². The number of carbonyl (C=O) groups is 2. The summed E-state index contributed by atoms with van der Waals surface area (Å²) in [5.74, 6) is -0.311. The summed E-state index contributed by atoms with van der Waals surface area (Å²) in [7, 11) is 0. The van der Waals surface area contributed by atoms with Gasteiger partial charge in [-0.2, -0.15) is 0 Å². The molecule has 0 saturated carbocycles. The molecule has 1 aromatic carbocycles. The van der Waals surface area contributed by atoms with E-state index in [2.05, 4.69) is 10.3 Å². The number of Topliss-reactive ketones (excluding diaryl/α,β-unsaturated/α-hetero) is 2. The van der Waals surface area contributed by atoms with Crippen LogP contribution in [0.2, 0.25) is 0 Å². The SMILES string of the molecule is CC(=O)c1c(C)[nH]c(C(=O)[C@@H](C)Nc2cccc([N+](=O)[O-])c2)c1C. The number of nitrogens with one attached hydrogen (secondary N) is 2. The largest absolute Gasteiger partial charge is 0.375 e. The van der Waals surface area contributed by atoms with E-state index in [-0.39, 0.29) is 17.3 Å². The van der Waals surface area contributed by atoms with Crippen molar-refractivity contribution in [3.8, 4) is 0 Å². The molecule has 1 atom stereocenters. The van der Waals surface area contributed by atoms with Crippen LogP contribution in [0.15, 0.2) is 24.3 Å². The van der Waals surface area contributed by atoms with Crippen molar-refractivity contribution in [2.75, 3.05) is 5.32 Å². The molecule has 7 heteroatoms. The van der Waals surface area contributed by atoms with E-state index in [1.165, 1.54) is 19.1 Å². The van der Waals surface area contributed by atoms with Gasteiger partial charge in [0.2, 0.25) is 5.78 Å². The van der Waals surface area contributed by atoms with Gasteiger partial charge in [-0.1, -0.05) is 6.07 Å². The fourth-order valence-corrected chi connectivity index (χ4v) is 2.77. The Kier molecular flexibility index (Phi) is 4.82. The first kappa shape index (κ1) is 17.4. The molecule has 2 rings (SSSR count). The van der Waals surface area contributed by atoms with Crippen LogP contribution < -0.4 is 5.32 Å². The van der Waals surface area contributed by atoms with E-state index < -0.39 is 11.0 Å². The Morgan fingerprint density at radius 3 is 2.50 bits per heavy atom. The number of benzene rings is 1. The molecule has 0 aliphatic heterocycles. The summed E-state index contributed by atoms with van der Waals surface area (Å²) >= 11 is 0. The number of nitro groups is 1. The maximum Gasteiger partial charge on any atom is 0.271 e. The van der Waals surface area contributed by atoms with E-state index in [4.69, 9.17) is 0 Å². The first-order valence-corrected chi connectivity index (χ1v) is 7.47. The van der Waals surface area contributed by atoms with E-state index in [1.807, 2.05) is 0 Å². The Balaban J connectivity index is 2.25. The van der Waals surface area contributed by atoms with Crippen molar-refractivity contribution in [3.63, 3.8) is 0 Å². The van der Waals surface area contributed by atoms with Gasteiger partial charge < -0.3 is 10.3 Å². The molecule has 0 saturated heterocycles. The fraction of sp³-hybridized carbons (Fsp3) is 0.294. The number of non-ortho nitro benzene ring substituents is 1. The second-order valence-electron chi connectivity index (χ2n) is 5.72. The summed E-state index contributed by atoms with van der Waals surface area (Å²) in [5, 5.41) is 13.8. The number of aryl methyl sites for hydroxylation is 1. The van der Waals surface area contributed by atoms with Crippen LogP contribution in [0.4, 0.5) is 11.4 Å². The highest BCUT2D eigenvalue weighted by Gasteiger charge is 2.23. The molecule has 126 valence electrons. The smallest absolute Gasteiger partial charge is 0.271 e. The Bertz CT molecular complexity index is 823. The predicted molar refractivity (Wildman–Crippen MR) is 90.8 cm³/mol. The highest BCUT2D eigenvalue weighted by Crippen LogP contribution is 2.22. The zero-order chi connectivity index (χ0) is 18.0. The molecule has 24 heavy (non-hydrogen) atoms. The summed E-state index contributed by atoms with van der Waals surface area (Å²) < 4.78 is 0. The minimum absolute atomic E-state index is 0.0505. The van der Waals surface area contributed by atoms with Crippen molar-refractivity contribution in [1.82, 2.24) is 4.98 Å². The first-order chi connectivity index (χ1) is 11.2. The number of aromatic amines is 1. The van der Waals surface area contributed by atoms with Gasteiger partial charge >= 0.3 is 0 Å². The highest BCUT2D eigenvalue weighted by atomic mass is 16.6. The van der Waals surface area contributed by atoms with Gasteiger partial charge in [-0.25, -0.2) is 0 Å². The maximum atomic E-state index is 12.6. The highest BCUT2D eigenvalue weighted by molar-refractivity contribution is 6.05. The van der Waals surface area contributed by atoms with Gasteiger partial charge in [0.05, 0.1) is 16.7 Å². The molecule has 0 bridgehead atoms. The molecule has 7 nitrogen and oxygen atoms in total. The van der Waals surface area contributed by atoms with Gasteiger partial charge in [0.15, 0.2) is 5.78 Å². The third-order valence-electron chi connectivity index (χ3n) is 3.87. The molecular formula is C17H19N3O4. The molecule has 1 heterocycles. The molecule has 2 N–H and O–H groups in total. The van der Waals surface area contributed by atoms with Crippen LogP contribution in [-0.2, 0) is 0 Å². The zero-order valence-electron chi connectivity index (χ0n) is 14.0. The van der Waals surface area contributed by atoms with Crippen LogP contribution in [0.25, 0.3) is 0 Å². The van der Waals surface area contributed by atoms with Gasteiger partial charge in [0, 0.05) is 29.1 Å². The second kappa shape index (κ2) is 6.66. The summed E-state index contributed by atoms with van der Waals surface area (Å²) in [6, 6.07) is 5.36. The maximum absolute atomic E-state index is 12.6. The third-order valence-corrected chi connectivity index (χ3v) is 3.87. The Labute approximate surface area is 139 Å². The number of hydrogen-bond acceptors (Lipinski definition) is 5. The molecule has 0 spiro atoms. The van der Waals surface area contributed by atoms with E-state index in [0.717, 1.165) is 0 Å². The number of H-pyrrole nitrogens is 1. The monoisotopic (exact) mass is 329 g/mol. The Morgan fingerprint density at radius 1 is 1.29 bits per heavy atom. The average Bonchev–Trinajstić information content (AvgIpc) is 2.81. The molecule has 0 fully saturated rings. The third kappa shape index (κ3) is 3.34. The lowest BCUT2D eigenvalue weighted by Gasteiger charge is -2.14. The summed E-state index contributed by atoms with van der Waals surface area (Å²) in [5.41, 5.74) is 2.62. The van der Waals surface area contributed by atoms with E-state index in [1.54, 1.807) is 32.9 Å². The van der Waals surface area contributed by atoms with Gasteiger partial charge in [0.1, 0.15) is 0 Å². The lowest BCUT2D eigenvalue weighted by atomic mass is 10.0. The lowest BCUT2D eigenvalue weighted by Crippen LogP contribution is -2.27. The van der Waals surface area contributed by atoms with Crippen molar-refractivity contribution in [2.45, 2.75) is 33.7 Å². The van der Waals surface area contributed by atoms with E-state index in [0.29, 0.717) is 28.2 Å². The molecule has 0 unspecified atom stereocenters. The minimum Gasteiger partial charge on any atom is -0.375 e. The standard InChI is InChI=1S/C17H19N3O4/c1-9-15(12(4)21)10(2)19-16(9)17(22)11(3)18-13-6-5-7-14(8-13)20(23)24/h5-8,11,18-19H,1-4H3/t11-/m1/s1. The molecule has 0 aliphatic rings.